The predicted molar refractivity (Wildman–Crippen MR) is 77.6 cm³/mol. The van der Waals surface area contributed by atoms with Gasteiger partial charge in [-0.3, -0.25) is 14.9 Å². The first kappa shape index (κ1) is 15.0. The van der Waals surface area contributed by atoms with Crippen molar-refractivity contribution in [2.75, 3.05) is 5.32 Å². The van der Waals surface area contributed by atoms with E-state index in [0.29, 0.717) is 5.02 Å². The Morgan fingerprint density at radius 3 is 2.62 bits per heavy atom. The number of nitrogens with zero attached hydrogens (tertiary/aromatic N) is 2. The molecule has 1 aromatic heterocycles. The Morgan fingerprint density at radius 1 is 1.33 bits per heavy atom. The van der Waals surface area contributed by atoms with Crippen LogP contribution in [-0.2, 0) is 9.59 Å². The minimum Gasteiger partial charge on any atom is -0.349 e. The molecule has 3 N–H and O–H groups in total. The molecule has 110 valence electrons. The molecular weight excluding hydrogens is 294 g/mol. The third kappa shape index (κ3) is 4.57. The number of rotatable bonds is 5. The van der Waals surface area contributed by atoms with Gasteiger partial charge in [0, 0.05) is 11.9 Å². The van der Waals surface area contributed by atoms with Crippen molar-refractivity contribution in [1.82, 2.24) is 20.5 Å². The van der Waals surface area contributed by atoms with Crippen LogP contribution in [0.1, 0.15) is 24.9 Å². The maximum Gasteiger partial charge on any atom is 0.229 e. The highest BCUT2D eigenvalue weighted by atomic mass is 35.5. The summed E-state index contributed by atoms with van der Waals surface area (Å²) < 4.78 is 0. The van der Waals surface area contributed by atoms with E-state index in [1.165, 1.54) is 13.3 Å². The van der Waals surface area contributed by atoms with Crippen molar-refractivity contribution in [1.29, 1.82) is 0 Å². The average molecular weight is 308 g/mol. The highest BCUT2D eigenvalue weighted by molar-refractivity contribution is 6.30. The van der Waals surface area contributed by atoms with Gasteiger partial charge in [0.25, 0.3) is 0 Å². The number of hydrogen-bond donors (Lipinski definition) is 3. The Bertz CT molecular complexity index is 612. The second-order valence-corrected chi connectivity index (χ2v) is 4.83. The third-order valence-electron chi connectivity index (χ3n) is 2.71. The van der Waals surface area contributed by atoms with Crippen molar-refractivity contribution >= 4 is 29.4 Å². The molecule has 7 nitrogen and oxygen atoms in total. The van der Waals surface area contributed by atoms with Crippen molar-refractivity contribution in [3.05, 3.63) is 41.2 Å². The van der Waals surface area contributed by atoms with Crippen molar-refractivity contribution in [2.24, 2.45) is 0 Å². The predicted octanol–water partition coefficient (Wildman–Crippen LogP) is 1.66. The van der Waals surface area contributed by atoms with Crippen LogP contribution in [0.15, 0.2) is 30.6 Å². The monoisotopic (exact) mass is 307 g/mol. The molecule has 2 amide bonds. The number of anilines is 1. The lowest BCUT2D eigenvalue weighted by Gasteiger charge is -2.17. The van der Waals surface area contributed by atoms with E-state index in [1.54, 1.807) is 24.3 Å². The largest absolute Gasteiger partial charge is 0.349 e. The first-order valence-electron chi connectivity index (χ1n) is 6.22. The van der Waals surface area contributed by atoms with E-state index < -0.39 is 6.04 Å². The molecule has 0 saturated carbocycles. The smallest absolute Gasteiger partial charge is 0.229 e. The molecule has 2 rings (SSSR count). The molecule has 0 bridgehead atoms. The third-order valence-corrected chi connectivity index (χ3v) is 2.96. The Morgan fingerprint density at radius 2 is 2.05 bits per heavy atom. The van der Waals surface area contributed by atoms with Gasteiger partial charge in [0.05, 0.1) is 12.5 Å². The number of amides is 2. The summed E-state index contributed by atoms with van der Waals surface area (Å²) in [6, 6.07) is 6.51. The summed E-state index contributed by atoms with van der Waals surface area (Å²) in [5.41, 5.74) is 0.794. The number of benzene rings is 1. The van der Waals surface area contributed by atoms with Gasteiger partial charge >= 0.3 is 0 Å². The summed E-state index contributed by atoms with van der Waals surface area (Å²) >= 11 is 5.84. The van der Waals surface area contributed by atoms with Gasteiger partial charge in [-0.2, -0.15) is 10.1 Å². The van der Waals surface area contributed by atoms with Gasteiger partial charge in [0.1, 0.15) is 6.33 Å². The first-order valence-corrected chi connectivity index (χ1v) is 6.60. The second kappa shape index (κ2) is 6.85. The summed E-state index contributed by atoms with van der Waals surface area (Å²) in [7, 11) is 0. The zero-order chi connectivity index (χ0) is 15.2. The van der Waals surface area contributed by atoms with Gasteiger partial charge in [-0.1, -0.05) is 23.7 Å². The van der Waals surface area contributed by atoms with Crippen molar-refractivity contribution in [2.45, 2.75) is 19.4 Å². The van der Waals surface area contributed by atoms with Gasteiger partial charge < -0.3 is 5.32 Å². The average Bonchev–Trinajstić information content (AvgIpc) is 2.91. The number of aromatic nitrogens is 3. The zero-order valence-corrected chi connectivity index (χ0v) is 12.0. The molecule has 0 aliphatic rings. The molecule has 1 aromatic carbocycles. The van der Waals surface area contributed by atoms with Gasteiger partial charge in [0.2, 0.25) is 17.8 Å². The number of nitrogens with one attached hydrogen (secondary N) is 3. The normalized spacial score (nSPS) is 11.7. The fourth-order valence-electron chi connectivity index (χ4n) is 1.83. The summed E-state index contributed by atoms with van der Waals surface area (Å²) in [5.74, 6) is -0.249. The number of H-pyrrole nitrogens is 1. The van der Waals surface area contributed by atoms with Crippen LogP contribution in [-0.4, -0.2) is 27.0 Å². The van der Waals surface area contributed by atoms with E-state index in [1.807, 2.05) is 0 Å². The van der Waals surface area contributed by atoms with Crippen molar-refractivity contribution < 1.29 is 9.59 Å². The number of halogens is 1. The van der Waals surface area contributed by atoms with Crippen LogP contribution in [0.3, 0.4) is 0 Å². The van der Waals surface area contributed by atoms with Crippen molar-refractivity contribution in [3.63, 3.8) is 0 Å². The zero-order valence-electron chi connectivity index (χ0n) is 11.3. The van der Waals surface area contributed by atoms with E-state index in [-0.39, 0.29) is 24.2 Å². The SMILES string of the molecule is CC(=O)N[C@H](CC(=O)Nc1ncn[nH]1)c1ccc(Cl)cc1. The first-order chi connectivity index (χ1) is 10.0. The molecule has 1 heterocycles. The second-order valence-electron chi connectivity index (χ2n) is 4.39. The molecule has 8 heteroatoms. The number of carbonyl (C=O) groups excluding carboxylic acids is 2. The highest BCUT2D eigenvalue weighted by Gasteiger charge is 2.17. The van der Waals surface area contributed by atoms with E-state index >= 15 is 0 Å². The van der Waals surface area contributed by atoms with E-state index in [4.69, 9.17) is 11.6 Å². The molecule has 21 heavy (non-hydrogen) atoms. The molecular formula is C13H14ClN5O2. The quantitative estimate of drug-likeness (QED) is 0.782. The van der Waals surface area contributed by atoms with Crippen molar-refractivity contribution in [3.8, 4) is 0 Å². The summed E-state index contributed by atoms with van der Waals surface area (Å²) in [4.78, 5) is 27.1. The van der Waals surface area contributed by atoms with Gasteiger partial charge in [-0.25, -0.2) is 5.10 Å². The van der Waals surface area contributed by atoms with E-state index in [0.717, 1.165) is 5.56 Å². The molecule has 0 spiro atoms. The molecule has 2 aromatic rings. The molecule has 1 atom stereocenters. The van der Waals surface area contributed by atoms with Crippen LogP contribution in [0.5, 0.6) is 0 Å². The minimum absolute atomic E-state index is 0.0713. The molecule has 0 saturated heterocycles. The molecule has 0 radical (unpaired) electrons. The Hall–Kier alpha value is -2.41. The van der Waals surface area contributed by atoms with Gasteiger partial charge in [-0.05, 0) is 17.7 Å². The van der Waals surface area contributed by atoms with Crippen LogP contribution in [0.4, 0.5) is 5.95 Å². The lowest BCUT2D eigenvalue weighted by Crippen LogP contribution is -2.29. The number of hydrogen-bond acceptors (Lipinski definition) is 4. The van der Waals surface area contributed by atoms with Crippen LogP contribution in [0.2, 0.25) is 5.02 Å². The standard InChI is InChI=1S/C13H14ClN5O2/c1-8(20)17-11(9-2-4-10(14)5-3-9)6-12(21)18-13-15-7-16-19-13/h2-5,7,11H,6H2,1H3,(H,17,20)(H2,15,16,18,19,21)/t11-/m1/s1. The Kier molecular flexibility index (Phi) is 4.89. The molecule has 0 fully saturated rings. The van der Waals surface area contributed by atoms with Crippen LogP contribution in [0, 0.1) is 0 Å². The van der Waals surface area contributed by atoms with Gasteiger partial charge in [-0.15, -0.1) is 0 Å². The fraction of sp³-hybridized carbons (Fsp3) is 0.231. The van der Waals surface area contributed by atoms with Gasteiger partial charge in [0.15, 0.2) is 0 Å². The molecule has 0 unspecified atom stereocenters. The summed E-state index contributed by atoms with van der Waals surface area (Å²) in [5, 5.41) is 12.1. The maximum absolute atomic E-state index is 12.0. The highest BCUT2D eigenvalue weighted by Crippen LogP contribution is 2.20. The van der Waals surface area contributed by atoms with Crippen LogP contribution < -0.4 is 10.6 Å². The number of carbonyl (C=O) groups is 2. The Balaban J connectivity index is 2.07. The van der Waals surface area contributed by atoms with E-state index in [2.05, 4.69) is 25.8 Å². The maximum atomic E-state index is 12.0. The van der Waals surface area contributed by atoms with Crippen LogP contribution >= 0.6 is 11.6 Å². The Labute approximate surface area is 126 Å². The molecule has 0 aliphatic carbocycles. The fourth-order valence-corrected chi connectivity index (χ4v) is 1.95. The summed E-state index contributed by atoms with van der Waals surface area (Å²) in [6.07, 6.45) is 1.36. The summed E-state index contributed by atoms with van der Waals surface area (Å²) in [6.45, 7) is 1.40. The topological polar surface area (TPSA) is 99.8 Å². The van der Waals surface area contributed by atoms with E-state index in [9.17, 15) is 9.59 Å². The number of aromatic amines is 1. The van der Waals surface area contributed by atoms with Crippen LogP contribution in [0.25, 0.3) is 0 Å². The lowest BCUT2D eigenvalue weighted by molar-refractivity contribution is -0.120. The lowest BCUT2D eigenvalue weighted by atomic mass is 10.0. The minimum atomic E-state index is -0.442. The molecule has 0 aliphatic heterocycles.